The molecular weight excluding hydrogens is 622 g/mol. The van der Waals surface area contributed by atoms with E-state index in [1.165, 1.54) is 12.1 Å². The second-order valence-electron chi connectivity index (χ2n) is 13.3. The predicted octanol–water partition coefficient (Wildman–Crippen LogP) is 2.01. The standard InChI is InChI=1S/C32H40BFN8O4S/c1-47(2,3)15-14-46-22-40-13-8-26-29(36-21-37-30(26)40)24-17-38-42(18-24)32(9-10-35)19-41(20-32)25-6-11-39(12-7-25)31(43)23-4-5-27(33(44)45)28(34)16-23/h4-5,8,13,16-18,21,25,44-45H,6-7,9,11-12,14-15,19-20,22H2,1-3H3. The Morgan fingerprint density at radius 1 is 1.19 bits per heavy atom. The van der Waals surface area contributed by atoms with E-state index in [4.69, 9.17) is 9.84 Å². The van der Waals surface area contributed by atoms with E-state index in [1.54, 1.807) is 17.4 Å². The van der Waals surface area contributed by atoms with E-state index < -0.39 is 28.5 Å². The van der Waals surface area contributed by atoms with Crippen LogP contribution in [0.15, 0.2) is 49.2 Å². The molecule has 3 aromatic heterocycles. The molecule has 47 heavy (non-hydrogen) atoms. The Hall–Kier alpha value is -3.81. The highest BCUT2D eigenvalue weighted by Gasteiger charge is 2.48. The van der Waals surface area contributed by atoms with Crippen LogP contribution in [0.1, 0.15) is 29.6 Å². The molecule has 1 aromatic carbocycles. The topological polar surface area (TPSA) is 146 Å². The summed E-state index contributed by atoms with van der Waals surface area (Å²) in [4.78, 5) is 26.2. The summed E-state index contributed by atoms with van der Waals surface area (Å²) >= 11 is 0. The van der Waals surface area contributed by atoms with Crippen molar-refractivity contribution in [3.8, 4) is 17.3 Å². The van der Waals surface area contributed by atoms with Gasteiger partial charge in [-0.3, -0.25) is 14.4 Å². The van der Waals surface area contributed by atoms with Crippen molar-refractivity contribution in [2.75, 3.05) is 57.3 Å². The van der Waals surface area contributed by atoms with Crippen molar-refractivity contribution in [3.63, 3.8) is 0 Å². The first kappa shape index (κ1) is 33.1. The van der Waals surface area contributed by atoms with Crippen molar-refractivity contribution >= 4 is 39.5 Å². The number of amides is 1. The molecule has 2 N–H and O–H groups in total. The molecule has 1 amide bonds. The van der Waals surface area contributed by atoms with Gasteiger partial charge in [-0.15, -0.1) is 0 Å². The zero-order valence-corrected chi connectivity index (χ0v) is 27.7. The number of fused-ring (bicyclic) bond motifs is 1. The molecule has 0 atom stereocenters. The Balaban J connectivity index is 1.09. The van der Waals surface area contributed by atoms with Crippen molar-refractivity contribution in [2.24, 2.45) is 0 Å². The molecule has 0 radical (unpaired) electrons. The van der Waals surface area contributed by atoms with Gasteiger partial charge in [-0.1, -0.05) is 6.07 Å². The molecule has 0 unspecified atom stereocenters. The van der Waals surface area contributed by atoms with Gasteiger partial charge in [0.05, 0.1) is 31.0 Å². The Labute approximate surface area is 275 Å². The largest absolute Gasteiger partial charge is 0.491 e. The first-order valence-electron chi connectivity index (χ1n) is 15.6. The molecule has 4 aromatic rings. The number of hydrogen-bond donors (Lipinski definition) is 2. The minimum Gasteiger partial charge on any atom is -0.423 e. The second-order valence-corrected chi connectivity index (χ2v) is 17.9. The lowest BCUT2D eigenvalue weighted by Crippen LogP contribution is -2.66. The van der Waals surface area contributed by atoms with E-state index >= 15 is 0 Å². The maximum Gasteiger partial charge on any atom is 0.491 e. The van der Waals surface area contributed by atoms with Gasteiger partial charge in [0.1, 0.15) is 30.1 Å². The minimum atomic E-state index is -1.93. The predicted molar refractivity (Wildman–Crippen MR) is 180 cm³/mol. The number of nitriles is 1. The number of ether oxygens (including phenoxy) is 1. The Bertz CT molecular complexity index is 1790. The van der Waals surface area contributed by atoms with Crippen LogP contribution in [0.5, 0.6) is 0 Å². The molecule has 0 bridgehead atoms. The van der Waals surface area contributed by atoms with E-state index in [1.807, 2.05) is 27.7 Å². The fourth-order valence-corrected chi connectivity index (χ4v) is 7.07. The molecule has 15 heteroatoms. The van der Waals surface area contributed by atoms with Crippen LogP contribution in [0.2, 0.25) is 0 Å². The Morgan fingerprint density at radius 2 is 1.96 bits per heavy atom. The summed E-state index contributed by atoms with van der Waals surface area (Å²) in [5.41, 5.74) is 1.88. The molecule has 5 heterocycles. The lowest BCUT2D eigenvalue weighted by Gasteiger charge is -2.53. The third-order valence-corrected chi connectivity index (χ3v) is 10.6. The Morgan fingerprint density at radius 3 is 2.64 bits per heavy atom. The van der Waals surface area contributed by atoms with Crippen molar-refractivity contribution in [1.82, 2.24) is 34.1 Å². The summed E-state index contributed by atoms with van der Waals surface area (Å²) < 4.78 is 24.1. The van der Waals surface area contributed by atoms with E-state index in [0.29, 0.717) is 45.9 Å². The number of piperidine rings is 1. The van der Waals surface area contributed by atoms with Gasteiger partial charge in [0.15, 0.2) is 0 Å². The third kappa shape index (κ3) is 6.93. The molecule has 0 spiro atoms. The van der Waals surface area contributed by atoms with Gasteiger partial charge in [0.25, 0.3) is 5.91 Å². The number of benzene rings is 1. The fourth-order valence-electron chi connectivity index (χ4n) is 6.45. The number of carbonyl (C=O) groups is 1. The van der Waals surface area contributed by atoms with Crippen LogP contribution >= 0.6 is 10.0 Å². The summed E-state index contributed by atoms with van der Waals surface area (Å²) in [5, 5.41) is 33.9. The van der Waals surface area contributed by atoms with Gasteiger partial charge in [0, 0.05) is 72.3 Å². The van der Waals surface area contributed by atoms with Crippen LogP contribution in [0.3, 0.4) is 0 Å². The lowest BCUT2D eigenvalue weighted by molar-refractivity contribution is -0.0412. The molecule has 0 aliphatic carbocycles. The molecule has 2 fully saturated rings. The van der Waals surface area contributed by atoms with Crippen molar-refractivity contribution in [3.05, 3.63) is 60.6 Å². The zero-order chi connectivity index (χ0) is 33.3. The van der Waals surface area contributed by atoms with Gasteiger partial charge in [-0.25, -0.2) is 24.4 Å². The summed E-state index contributed by atoms with van der Waals surface area (Å²) in [6, 6.07) is 8.31. The molecule has 12 nitrogen and oxygen atoms in total. The normalized spacial score (nSPS) is 17.4. The third-order valence-electron chi connectivity index (χ3n) is 9.17. The monoisotopic (exact) mass is 662 g/mol. The van der Waals surface area contributed by atoms with Crippen molar-refractivity contribution in [1.29, 1.82) is 5.26 Å². The van der Waals surface area contributed by atoms with Gasteiger partial charge < -0.3 is 24.3 Å². The number of halogens is 1. The number of nitrogens with zero attached hydrogens (tertiary/aromatic N) is 8. The highest BCUT2D eigenvalue weighted by molar-refractivity contribution is 8.32. The molecule has 2 saturated heterocycles. The van der Waals surface area contributed by atoms with Crippen molar-refractivity contribution in [2.45, 2.75) is 37.6 Å². The van der Waals surface area contributed by atoms with Crippen LogP contribution in [0, 0.1) is 17.1 Å². The number of rotatable bonds is 11. The highest BCUT2D eigenvalue weighted by atomic mass is 32.3. The van der Waals surface area contributed by atoms with E-state index in [0.717, 1.165) is 47.0 Å². The quantitative estimate of drug-likeness (QED) is 0.182. The molecule has 2 aliphatic rings. The van der Waals surface area contributed by atoms with Gasteiger partial charge in [-0.05, 0) is 49.8 Å². The number of carbonyl (C=O) groups excluding carboxylic acids is 1. The SMILES string of the molecule is CS(C)(C)CCOCn1ccc2c(-c3cnn(C4(CC#N)CN(C5CCN(C(=O)c6ccc(B(O)O)c(F)c6)CC5)C4)c3)ncnc21. The van der Waals surface area contributed by atoms with Gasteiger partial charge >= 0.3 is 7.12 Å². The molecule has 2 aliphatic heterocycles. The molecule has 0 saturated carbocycles. The summed E-state index contributed by atoms with van der Waals surface area (Å²) in [6.07, 6.45) is 15.9. The van der Waals surface area contributed by atoms with Crippen LogP contribution in [-0.4, -0.2) is 121 Å². The average molecular weight is 663 g/mol. The lowest BCUT2D eigenvalue weighted by atomic mass is 9.79. The first-order chi connectivity index (χ1) is 22.5. The molecule has 6 rings (SSSR count). The molecule has 248 valence electrons. The van der Waals surface area contributed by atoms with Crippen LogP contribution in [0.25, 0.3) is 22.3 Å². The summed E-state index contributed by atoms with van der Waals surface area (Å²) in [5.74, 6) is -0.0589. The van der Waals surface area contributed by atoms with Gasteiger partial charge in [0.2, 0.25) is 0 Å². The van der Waals surface area contributed by atoms with E-state index in [2.05, 4.69) is 39.7 Å². The zero-order valence-electron chi connectivity index (χ0n) is 26.9. The number of hydrogen-bond acceptors (Lipinski definition) is 9. The van der Waals surface area contributed by atoms with Crippen LogP contribution in [0.4, 0.5) is 4.39 Å². The maximum absolute atomic E-state index is 14.2. The molecular formula is C32H40BFN8O4S. The first-order valence-corrected chi connectivity index (χ1v) is 18.7. The second kappa shape index (κ2) is 13.4. The number of likely N-dealkylation sites (tertiary alicyclic amines) is 2. The van der Waals surface area contributed by atoms with E-state index in [-0.39, 0.29) is 23.0 Å². The smallest absolute Gasteiger partial charge is 0.423 e. The van der Waals surface area contributed by atoms with Crippen LogP contribution in [-0.2, 0) is 17.0 Å². The van der Waals surface area contributed by atoms with Crippen molar-refractivity contribution < 1.29 is 24.0 Å². The summed E-state index contributed by atoms with van der Waals surface area (Å²) in [7, 11) is -2.55. The highest BCUT2D eigenvalue weighted by Crippen LogP contribution is 2.37. The Kier molecular flexibility index (Phi) is 9.42. The van der Waals surface area contributed by atoms with E-state index in [9.17, 15) is 24.5 Å². The maximum atomic E-state index is 14.2. The number of aromatic nitrogens is 5. The van der Waals surface area contributed by atoms with Gasteiger partial charge in [-0.2, -0.15) is 10.4 Å². The van der Waals surface area contributed by atoms with Crippen LogP contribution < -0.4 is 5.46 Å². The minimum absolute atomic E-state index is 0.180. The average Bonchev–Trinajstić information content (AvgIpc) is 3.68. The summed E-state index contributed by atoms with van der Waals surface area (Å²) in [6.45, 7) is 3.50. The fraction of sp³-hybridized carbons (Fsp3) is 0.469.